The number of para-hydroxylation sites is 3. The number of oxazole rings is 1. The first-order valence-electron chi connectivity index (χ1n) is 13.5. The number of fused-ring (bicyclic) bond motifs is 1. The monoisotopic (exact) mass is 565 g/mol. The second-order valence-electron chi connectivity index (χ2n) is 9.59. The van der Waals surface area contributed by atoms with E-state index < -0.39 is 12.0 Å². The van der Waals surface area contributed by atoms with Gasteiger partial charge in [-0.1, -0.05) is 48.5 Å². The Balaban J connectivity index is 1.15. The van der Waals surface area contributed by atoms with Crippen molar-refractivity contribution in [3.63, 3.8) is 0 Å². The molecular weight excluding hydrogens is 534 g/mol. The molecule has 3 N–H and O–H groups in total. The second-order valence-corrected chi connectivity index (χ2v) is 9.59. The number of ether oxygens (including phenoxy) is 2. The third-order valence-corrected chi connectivity index (χ3v) is 6.66. The van der Waals surface area contributed by atoms with Gasteiger partial charge in [0, 0.05) is 29.8 Å². The SMILES string of the molecule is COc1cccc(C(=O)c2ccccc2NC(Cc2ccc(OCCNCc3nc4ccccc4o3)cc2)C(=O)O)c1. The van der Waals surface area contributed by atoms with Crippen molar-refractivity contribution in [3.05, 3.63) is 120 Å². The van der Waals surface area contributed by atoms with E-state index in [0.29, 0.717) is 53.9 Å². The number of carboxylic acid groups (broad SMARTS) is 1. The van der Waals surface area contributed by atoms with Crippen LogP contribution in [0.25, 0.3) is 11.1 Å². The first-order chi connectivity index (χ1) is 20.5. The Labute approximate surface area is 243 Å². The number of ketones is 1. The summed E-state index contributed by atoms with van der Waals surface area (Å²) in [6, 6.07) is 27.7. The fourth-order valence-corrected chi connectivity index (χ4v) is 4.50. The molecule has 0 radical (unpaired) electrons. The van der Waals surface area contributed by atoms with E-state index in [4.69, 9.17) is 13.9 Å². The van der Waals surface area contributed by atoms with E-state index in [9.17, 15) is 14.7 Å². The highest BCUT2D eigenvalue weighted by Gasteiger charge is 2.21. The van der Waals surface area contributed by atoms with E-state index in [-0.39, 0.29) is 12.2 Å². The summed E-state index contributed by atoms with van der Waals surface area (Å²) in [4.78, 5) is 29.8. The van der Waals surface area contributed by atoms with Crippen LogP contribution in [0.1, 0.15) is 27.4 Å². The summed E-state index contributed by atoms with van der Waals surface area (Å²) in [5.74, 6) is 0.610. The number of aliphatic carboxylic acids is 1. The van der Waals surface area contributed by atoms with Gasteiger partial charge in [0.2, 0.25) is 5.89 Å². The number of methoxy groups -OCH3 is 1. The summed E-state index contributed by atoms with van der Waals surface area (Å²) in [5, 5.41) is 16.3. The summed E-state index contributed by atoms with van der Waals surface area (Å²) in [6.45, 7) is 1.53. The molecule has 1 unspecified atom stereocenters. The van der Waals surface area contributed by atoms with Crippen LogP contribution < -0.4 is 20.1 Å². The topological polar surface area (TPSA) is 123 Å². The molecule has 5 rings (SSSR count). The van der Waals surface area contributed by atoms with Gasteiger partial charge < -0.3 is 29.6 Å². The third kappa shape index (κ3) is 7.13. The zero-order valence-corrected chi connectivity index (χ0v) is 23.1. The molecule has 9 heteroatoms. The normalized spacial score (nSPS) is 11.6. The van der Waals surface area contributed by atoms with Crippen molar-refractivity contribution in [2.45, 2.75) is 19.0 Å². The van der Waals surface area contributed by atoms with Crippen molar-refractivity contribution in [1.29, 1.82) is 0 Å². The lowest BCUT2D eigenvalue weighted by Gasteiger charge is -2.18. The molecule has 1 heterocycles. The van der Waals surface area contributed by atoms with Crippen LogP contribution >= 0.6 is 0 Å². The van der Waals surface area contributed by atoms with Crippen LogP contribution in [-0.4, -0.2) is 48.1 Å². The summed E-state index contributed by atoms with van der Waals surface area (Å²) in [7, 11) is 1.54. The maximum atomic E-state index is 13.2. The number of carbonyl (C=O) groups is 2. The van der Waals surface area contributed by atoms with Crippen molar-refractivity contribution < 1.29 is 28.6 Å². The fourth-order valence-electron chi connectivity index (χ4n) is 4.50. The molecule has 214 valence electrons. The molecule has 0 aliphatic carbocycles. The summed E-state index contributed by atoms with van der Waals surface area (Å²) < 4.78 is 16.7. The minimum atomic E-state index is -1.02. The van der Waals surface area contributed by atoms with Crippen molar-refractivity contribution >= 4 is 28.5 Å². The van der Waals surface area contributed by atoms with Gasteiger partial charge in [-0.05, 0) is 54.1 Å². The molecule has 9 nitrogen and oxygen atoms in total. The van der Waals surface area contributed by atoms with Crippen molar-refractivity contribution in [1.82, 2.24) is 10.3 Å². The number of anilines is 1. The quantitative estimate of drug-likeness (QED) is 0.121. The smallest absolute Gasteiger partial charge is 0.326 e. The molecule has 0 spiro atoms. The maximum absolute atomic E-state index is 13.2. The molecule has 5 aromatic rings. The van der Waals surface area contributed by atoms with E-state index in [0.717, 1.165) is 16.7 Å². The predicted molar refractivity (Wildman–Crippen MR) is 159 cm³/mol. The molecule has 42 heavy (non-hydrogen) atoms. The van der Waals surface area contributed by atoms with E-state index in [2.05, 4.69) is 15.6 Å². The number of hydrogen-bond acceptors (Lipinski definition) is 8. The number of nitrogens with one attached hydrogen (secondary N) is 2. The molecule has 0 saturated carbocycles. The van der Waals surface area contributed by atoms with Gasteiger partial charge in [0.15, 0.2) is 11.4 Å². The van der Waals surface area contributed by atoms with Crippen LogP contribution in [0.5, 0.6) is 11.5 Å². The number of hydrogen-bond donors (Lipinski definition) is 3. The predicted octanol–water partition coefficient (Wildman–Crippen LogP) is 5.34. The van der Waals surface area contributed by atoms with Gasteiger partial charge in [0.1, 0.15) is 29.7 Å². The van der Waals surface area contributed by atoms with Gasteiger partial charge >= 0.3 is 5.97 Å². The highest BCUT2D eigenvalue weighted by atomic mass is 16.5. The Kier molecular flexibility index (Phi) is 9.10. The van der Waals surface area contributed by atoms with E-state index in [1.807, 2.05) is 48.5 Å². The third-order valence-electron chi connectivity index (χ3n) is 6.66. The first-order valence-corrected chi connectivity index (χ1v) is 13.5. The van der Waals surface area contributed by atoms with Gasteiger partial charge in [0.25, 0.3) is 0 Å². The molecule has 1 aromatic heterocycles. The van der Waals surface area contributed by atoms with Crippen molar-refractivity contribution in [2.75, 3.05) is 25.6 Å². The first kappa shape index (κ1) is 28.4. The Morgan fingerprint density at radius 1 is 0.929 bits per heavy atom. The maximum Gasteiger partial charge on any atom is 0.326 e. The largest absolute Gasteiger partial charge is 0.497 e. The van der Waals surface area contributed by atoms with E-state index in [1.165, 1.54) is 7.11 Å². The average Bonchev–Trinajstić information content (AvgIpc) is 3.44. The Morgan fingerprint density at radius 3 is 2.50 bits per heavy atom. The van der Waals surface area contributed by atoms with Crippen molar-refractivity contribution in [3.8, 4) is 11.5 Å². The lowest BCUT2D eigenvalue weighted by molar-refractivity contribution is -0.137. The molecule has 0 amide bonds. The molecule has 0 fully saturated rings. The fraction of sp³-hybridized carbons (Fsp3) is 0.182. The zero-order chi connectivity index (χ0) is 29.3. The lowest BCUT2D eigenvalue weighted by Crippen LogP contribution is -2.32. The van der Waals surface area contributed by atoms with Crippen LogP contribution in [0.15, 0.2) is 101 Å². The van der Waals surface area contributed by atoms with Crippen LogP contribution in [-0.2, 0) is 17.8 Å². The van der Waals surface area contributed by atoms with Crippen LogP contribution in [0.3, 0.4) is 0 Å². The van der Waals surface area contributed by atoms with Gasteiger partial charge in [-0.2, -0.15) is 0 Å². The number of rotatable bonds is 14. The molecule has 1 atom stereocenters. The number of carbonyl (C=O) groups excluding carboxylic acids is 1. The summed E-state index contributed by atoms with van der Waals surface area (Å²) in [5.41, 5.74) is 3.68. The molecule has 0 aliphatic rings. The Morgan fingerprint density at radius 2 is 1.71 bits per heavy atom. The average molecular weight is 566 g/mol. The molecule has 4 aromatic carbocycles. The van der Waals surface area contributed by atoms with Gasteiger partial charge in [-0.15, -0.1) is 0 Å². The molecule has 0 aliphatic heterocycles. The minimum Gasteiger partial charge on any atom is -0.497 e. The second kappa shape index (κ2) is 13.5. The Hall–Kier alpha value is -5.15. The number of nitrogens with zero attached hydrogens (tertiary/aromatic N) is 1. The summed E-state index contributed by atoms with van der Waals surface area (Å²) in [6.07, 6.45) is 0.212. The van der Waals surface area contributed by atoms with Crippen LogP contribution in [0.4, 0.5) is 5.69 Å². The van der Waals surface area contributed by atoms with Gasteiger partial charge in [-0.3, -0.25) is 4.79 Å². The van der Waals surface area contributed by atoms with Gasteiger partial charge in [0.05, 0.1) is 13.7 Å². The molecule has 0 saturated heterocycles. The van der Waals surface area contributed by atoms with Crippen LogP contribution in [0, 0.1) is 0 Å². The number of aromatic nitrogens is 1. The summed E-state index contributed by atoms with van der Waals surface area (Å²) >= 11 is 0. The minimum absolute atomic E-state index is 0.212. The number of benzene rings is 4. The zero-order valence-electron chi connectivity index (χ0n) is 23.1. The van der Waals surface area contributed by atoms with E-state index >= 15 is 0 Å². The Bertz CT molecular complexity index is 1630. The standard InChI is InChI=1S/C33H31N3O6/c1-40-25-8-6-7-23(20-25)32(37)26-9-2-3-10-27(26)35-29(33(38)39)19-22-13-15-24(16-14-22)41-18-17-34-21-31-36-28-11-4-5-12-30(28)42-31/h2-16,20,29,34-35H,17-19,21H2,1H3,(H,38,39). The lowest BCUT2D eigenvalue weighted by atomic mass is 10.00. The highest BCUT2D eigenvalue weighted by Crippen LogP contribution is 2.23. The highest BCUT2D eigenvalue weighted by molar-refractivity contribution is 6.12. The van der Waals surface area contributed by atoms with Crippen LogP contribution in [0.2, 0.25) is 0 Å². The number of carboxylic acids is 1. The molecule has 0 bridgehead atoms. The van der Waals surface area contributed by atoms with Gasteiger partial charge in [-0.25, -0.2) is 9.78 Å². The molecular formula is C33H31N3O6. The van der Waals surface area contributed by atoms with E-state index in [1.54, 1.807) is 48.5 Å². The van der Waals surface area contributed by atoms with Crippen molar-refractivity contribution in [2.24, 2.45) is 0 Å².